The number of esters is 1. The Labute approximate surface area is 207 Å². The smallest absolute Gasteiger partial charge is 0.308 e. The van der Waals surface area contributed by atoms with E-state index in [9.17, 15) is 9.59 Å². The Morgan fingerprint density at radius 1 is 1.17 bits per heavy atom. The lowest BCUT2D eigenvalue weighted by molar-refractivity contribution is -0.131. The molecular formula is C28H35N3O4. The standard InChI is InChI=1S/C28H35N3O4/c1-19(32)35-25-12-11-22-26-21(25)9-7-14-28(26,27(33)30-22)13-5-6-16-31-17-15-29-18-23(31)20-8-3-4-10-24(20)34-2/h3-4,8,10-12,23,29H,5-7,9,13-18H2,1-2H3,(H,30,33). The molecule has 2 N–H and O–H groups in total. The highest BCUT2D eigenvalue weighted by Gasteiger charge is 2.49. The van der Waals surface area contributed by atoms with Crippen molar-refractivity contribution in [1.29, 1.82) is 0 Å². The second-order valence-electron chi connectivity index (χ2n) is 9.90. The van der Waals surface area contributed by atoms with Crippen LogP contribution in [0.4, 0.5) is 5.69 Å². The van der Waals surface area contributed by atoms with E-state index in [2.05, 4.69) is 27.7 Å². The maximum atomic E-state index is 13.3. The molecule has 1 amide bonds. The number of amides is 1. The van der Waals surface area contributed by atoms with E-state index in [0.29, 0.717) is 5.75 Å². The monoisotopic (exact) mass is 477 g/mol. The zero-order valence-electron chi connectivity index (χ0n) is 20.7. The van der Waals surface area contributed by atoms with E-state index in [1.807, 2.05) is 24.3 Å². The first-order valence-electron chi connectivity index (χ1n) is 12.8. The molecule has 1 saturated heterocycles. The number of anilines is 1. The van der Waals surface area contributed by atoms with Crippen molar-refractivity contribution in [2.45, 2.75) is 56.9 Å². The second-order valence-corrected chi connectivity index (χ2v) is 9.90. The van der Waals surface area contributed by atoms with Gasteiger partial charge in [-0.3, -0.25) is 14.5 Å². The number of hydrogen-bond acceptors (Lipinski definition) is 6. The average molecular weight is 478 g/mol. The molecule has 5 rings (SSSR count). The van der Waals surface area contributed by atoms with Crippen molar-refractivity contribution in [2.24, 2.45) is 0 Å². The van der Waals surface area contributed by atoms with Crippen molar-refractivity contribution in [2.75, 3.05) is 38.6 Å². The van der Waals surface area contributed by atoms with E-state index in [-0.39, 0.29) is 17.9 Å². The first kappa shape index (κ1) is 23.8. The number of para-hydroxylation sites is 1. The Morgan fingerprint density at radius 3 is 2.86 bits per heavy atom. The third-order valence-electron chi connectivity index (χ3n) is 7.87. The van der Waals surface area contributed by atoms with Crippen LogP contribution in [0.25, 0.3) is 0 Å². The molecule has 35 heavy (non-hydrogen) atoms. The summed E-state index contributed by atoms with van der Waals surface area (Å²) in [5, 5.41) is 6.65. The fourth-order valence-corrected chi connectivity index (χ4v) is 6.31. The molecule has 2 aromatic carbocycles. The minimum absolute atomic E-state index is 0.0995. The quantitative estimate of drug-likeness (QED) is 0.340. The Balaban J connectivity index is 1.29. The van der Waals surface area contributed by atoms with Crippen LogP contribution in [0.5, 0.6) is 11.5 Å². The number of nitrogens with zero attached hydrogens (tertiary/aromatic N) is 1. The minimum Gasteiger partial charge on any atom is -0.496 e. The summed E-state index contributed by atoms with van der Waals surface area (Å²) in [5.41, 5.74) is 3.70. The molecule has 3 aliphatic rings. The van der Waals surface area contributed by atoms with Crippen LogP contribution in [-0.2, 0) is 21.4 Å². The zero-order valence-corrected chi connectivity index (χ0v) is 20.7. The summed E-state index contributed by atoms with van der Waals surface area (Å²) >= 11 is 0. The number of carbonyl (C=O) groups is 2. The summed E-state index contributed by atoms with van der Waals surface area (Å²) in [6.45, 7) is 5.28. The predicted octanol–water partition coefficient (Wildman–Crippen LogP) is 3.96. The van der Waals surface area contributed by atoms with E-state index < -0.39 is 5.41 Å². The highest BCUT2D eigenvalue weighted by Crippen LogP contribution is 2.52. The van der Waals surface area contributed by atoms with Gasteiger partial charge in [0.15, 0.2) is 0 Å². The van der Waals surface area contributed by atoms with Crippen LogP contribution in [0.2, 0.25) is 0 Å². The number of ether oxygens (including phenoxy) is 2. The average Bonchev–Trinajstić information content (AvgIpc) is 3.16. The van der Waals surface area contributed by atoms with Crippen LogP contribution >= 0.6 is 0 Å². The highest BCUT2D eigenvalue weighted by atomic mass is 16.5. The Bertz CT molecular complexity index is 1120. The topological polar surface area (TPSA) is 79.9 Å². The Morgan fingerprint density at radius 2 is 2.03 bits per heavy atom. The number of nitrogens with one attached hydrogen (secondary N) is 2. The molecule has 1 aliphatic carbocycles. The van der Waals surface area contributed by atoms with Gasteiger partial charge < -0.3 is 20.1 Å². The normalized spacial score (nSPS) is 23.5. The molecule has 2 heterocycles. The number of unbranched alkanes of at least 4 members (excludes halogenated alkanes) is 1. The van der Waals surface area contributed by atoms with E-state index in [4.69, 9.17) is 9.47 Å². The molecule has 2 aliphatic heterocycles. The van der Waals surface area contributed by atoms with Gasteiger partial charge in [-0.2, -0.15) is 0 Å². The van der Waals surface area contributed by atoms with Crippen molar-refractivity contribution in [1.82, 2.24) is 10.2 Å². The lowest BCUT2D eigenvalue weighted by atomic mass is 9.68. The number of hydrogen-bond donors (Lipinski definition) is 2. The van der Waals surface area contributed by atoms with Crippen LogP contribution in [-0.4, -0.2) is 50.1 Å². The number of piperazine rings is 1. The molecule has 2 unspecified atom stereocenters. The van der Waals surface area contributed by atoms with Crippen molar-refractivity contribution in [3.05, 3.63) is 53.1 Å². The predicted molar refractivity (Wildman–Crippen MR) is 135 cm³/mol. The van der Waals surface area contributed by atoms with Crippen LogP contribution in [0.3, 0.4) is 0 Å². The van der Waals surface area contributed by atoms with Gasteiger partial charge in [0.2, 0.25) is 5.91 Å². The van der Waals surface area contributed by atoms with Crippen molar-refractivity contribution < 1.29 is 19.1 Å². The molecule has 186 valence electrons. The van der Waals surface area contributed by atoms with Gasteiger partial charge in [0, 0.05) is 43.4 Å². The van der Waals surface area contributed by atoms with Crippen LogP contribution in [0, 0.1) is 0 Å². The first-order valence-corrected chi connectivity index (χ1v) is 12.8. The summed E-state index contributed by atoms with van der Waals surface area (Å²) in [7, 11) is 1.73. The molecule has 0 saturated carbocycles. The van der Waals surface area contributed by atoms with Crippen molar-refractivity contribution >= 4 is 17.6 Å². The van der Waals surface area contributed by atoms with E-state index >= 15 is 0 Å². The molecule has 7 heteroatoms. The summed E-state index contributed by atoms with van der Waals surface area (Å²) in [6, 6.07) is 12.3. The fraction of sp³-hybridized carbons (Fsp3) is 0.500. The first-order chi connectivity index (χ1) is 17.0. The Kier molecular flexibility index (Phi) is 6.80. The third-order valence-corrected chi connectivity index (χ3v) is 7.87. The molecule has 0 radical (unpaired) electrons. The van der Waals surface area contributed by atoms with Gasteiger partial charge in [0.1, 0.15) is 11.5 Å². The van der Waals surface area contributed by atoms with Crippen LogP contribution in [0.15, 0.2) is 36.4 Å². The van der Waals surface area contributed by atoms with Crippen molar-refractivity contribution in [3.8, 4) is 11.5 Å². The van der Waals surface area contributed by atoms with Gasteiger partial charge >= 0.3 is 5.97 Å². The third kappa shape index (κ3) is 4.43. The van der Waals surface area contributed by atoms with Gasteiger partial charge in [-0.1, -0.05) is 24.6 Å². The van der Waals surface area contributed by atoms with Gasteiger partial charge in [-0.15, -0.1) is 0 Å². The SMILES string of the molecule is COc1ccccc1C1CNCCN1CCCCC12CCCc3c(OC(C)=O)ccc(c31)NC2=O. The lowest BCUT2D eigenvalue weighted by Gasteiger charge is -2.37. The lowest BCUT2D eigenvalue weighted by Crippen LogP contribution is -2.46. The second kappa shape index (κ2) is 9.99. The van der Waals surface area contributed by atoms with E-state index in [1.165, 1.54) is 12.5 Å². The van der Waals surface area contributed by atoms with Crippen molar-refractivity contribution in [3.63, 3.8) is 0 Å². The number of rotatable bonds is 8. The largest absolute Gasteiger partial charge is 0.496 e. The van der Waals surface area contributed by atoms with E-state index in [1.54, 1.807) is 7.11 Å². The summed E-state index contributed by atoms with van der Waals surface area (Å²) in [5.74, 6) is 1.32. The van der Waals surface area contributed by atoms with Gasteiger partial charge in [0.05, 0.1) is 18.6 Å². The molecule has 0 bridgehead atoms. The molecular weight excluding hydrogens is 442 g/mol. The minimum atomic E-state index is -0.509. The highest BCUT2D eigenvalue weighted by molar-refractivity contribution is 6.07. The molecule has 2 aromatic rings. The van der Waals surface area contributed by atoms with E-state index in [0.717, 1.165) is 87.3 Å². The molecule has 0 spiro atoms. The van der Waals surface area contributed by atoms with Gasteiger partial charge in [-0.25, -0.2) is 0 Å². The molecule has 7 nitrogen and oxygen atoms in total. The number of benzene rings is 2. The van der Waals surface area contributed by atoms with Gasteiger partial charge in [-0.05, 0) is 62.4 Å². The fourth-order valence-electron chi connectivity index (χ4n) is 6.31. The summed E-state index contributed by atoms with van der Waals surface area (Å²) in [4.78, 5) is 27.4. The summed E-state index contributed by atoms with van der Waals surface area (Å²) in [6.07, 6.45) is 5.41. The van der Waals surface area contributed by atoms with Gasteiger partial charge in [0.25, 0.3) is 0 Å². The number of methoxy groups -OCH3 is 1. The molecule has 0 aromatic heterocycles. The zero-order chi connectivity index (χ0) is 24.4. The maximum absolute atomic E-state index is 13.3. The Hall–Kier alpha value is -2.90. The van der Waals surface area contributed by atoms with Crippen LogP contribution in [0.1, 0.15) is 61.8 Å². The molecule has 2 atom stereocenters. The maximum Gasteiger partial charge on any atom is 0.308 e. The summed E-state index contributed by atoms with van der Waals surface area (Å²) < 4.78 is 11.1. The molecule has 1 fully saturated rings. The number of carbonyl (C=O) groups excluding carboxylic acids is 2. The van der Waals surface area contributed by atoms with Crippen LogP contribution < -0.4 is 20.1 Å².